The molecule has 0 saturated carbocycles. The van der Waals surface area contributed by atoms with Crippen LogP contribution in [0.25, 0.3) is 4.96 Å². The summed E-state index contributed by atoms with van der Waals surface area (Å²) in [4.78, 5) is 5.69. The number of hydrogen-bond acceptors (Lipinski definition) is 3. The van der Waals surface area contributed by atoms with Gasteiger partial charge >= 0.3 is 0 Å². The molecule has 2 heterocycles. The lowest BCUT2D eigenvalue weighted by molar-refractivity contribution is 0.966. The molecule has 0 saturated heterocycles. The highest BCUT2D eigenvalue weighted by molar-refractivity contribution is 9.10. The Morgan fingerprint density at radius 1 is 1.25 bits per heavy atom. The van der Waals surface area contributed by atoms with Crippen molar-refractivity contribution in [2.45, 2.75) is 27.3 Å². The molecule has 0 atom stereocenters. The van der Waals surface area contributed by atoms with E-state index < -0.39 is 0 Å². The number of aryl methyl sites for hydroxylation is 3. The molecule has 0 fully saturated rings. The average Bonchev–Trinajstić information content (AvgIpc) is 2.86. The highest BCUT2D eigenvalue weighted by Crippen LogP contribution is 2.23. The third-order valence-corrected chi connectivity index (χ3v) is 4.73. The fourth-order valence-corrected chi connectivity index (χ4v) is 3.94. The molecule has 0 amide bonds. The zero-order chi connectivity index (χ0) is 14.3. The molecule has 5 heteroatoms. The molecule has 0 aliphatic carbocycles. The molecule has 1 N–H and O–H groups in total. The zero-order valence-corrected chi connectivity index (χ0v) is 14.1. The molecule has 3 rings (SSSR count). The standard InChI is InChI=1S/C15H16BrN3S/c1-9-4-12(16)6-13(5-9)17-7-14-11(3)18-15-19(14)10(2)8-20-15/h4-6,8,17H,7H2,1-3H3. The number of rotatable bonds is 3. The maximum Gasteiger partial charge on any atom is 0.194 e. The van der Waals surface area contributed by atoms with Crippen molar-refractivity contribution in [3.8, 4) is 0 Å². The first-order valence-electron chi connectivity index (χ1n) is 6.47. The van der Waals surface area contributed by atoms with Gasteiger partial charge in [-0.2, -0.15) is 0 Å². The van der Waals surface area contributed by atoms with Gasteiger partial charge in [0.05, 0.1) is 17.9 Å². The molecule has 20 heavy (non-hydrogen) atoms. The van der Waals surface area contributed by atoms with Gasteiger partial charge in [-0.3, -0.25) is 4.40 Å². The number of benzene rings is 1. The van der Waals surface area contributed by atoms with Crippen molar-refractivity contribution in [1.82, 2.24) is 9.38 Å². The summed E-state index contributed by atoms with van der Waals surface area (Å²) in [6.45, 7) is 7.07. The Labute approximate surface area is 130 Å². The van der Waals surface area contributed by atoms with Crippen LogP contribution in [0.5, 0.6) is 0 Å². The highest BCUT2D eigenvalue weighted by atomic mass is 79.9. The van der Waals surface area contributed by atoms with E-state index in [1.54, 1.807) is 11.3 Å². The van der Waals surface area contributed by atoms with E-state index in [0.29, 0.717) is 0 Å². The van der Waals surface area contributed by atoms with Gasteiger partial charge in [-0.25, -0.2) is 4.98 Å². The Kier molecular flexibility index (Phi) is 3.56. The number of thiazole rings is 1. The van der Waals surface area contributed by atoms with E-state index in [2.05, 4.69) is 75.0 Å². The second-order valence-electron chi connectivity index (χ2n) is 5.01. The van der Waals surface area contributed by atoms with Gasteiger partial charge in [0.25, 0.3) is 0 Å². The van der Waals surface area contributed by atoms with Gasteiger partial charge < -0.3 is 5.32 Å². The molecule has 3 aromatic rings. The Morgan fingerprint density at radius 3 is 2.80 bits per heavy atom. The molecular weight excluding hydrogens is 334 g/mol. The predicted octanol–water partition coefficient (Wildman–Crippen LogP) is 4.70. The molecule has 0 bridgehead atoms. The Bertz CT molecular complexity index is 753. The molecule has 0 unspecified atom stereocenters. The maximum atomic E-state index is 4.61. The van der Waals surface area contributed by atoms with Crippen LogP contribution in [0.15, 0.2) is 28.1 Å². The van der Waals surface area contributed by atoms with Gasteiger partial charge in [-0.1, -0.05) is 15.9 Å². The van der Waals surface area contributed by atoms with E-state index in [0.717, 1.165) is 27.4 Å². The molecule has 3 nitrogen and oxygen atoms in total. The number of anilines is 1. The number of nitrogens with one attached hydrogen (secondary N) is 1. The highest BCUT2D eigenvalue weighted by Gasteiger charge is 2.11. The monoisotopic (exact) mass is 349 g/mol. The van der Waals surface area contributed by atoms with Gasteiger partial charge in [0.2, 0.25) is 0 Å². The summed E-state index contributed by atoms with van der Waals surface area (Å²) < 4.78 is 3.33. The van der Waals surface area contributed by atoms with Crippen LogP contribution in [0.2, 0.25) is 0 Å². The smallest absolute Gasteiger partial charge is 0.194 e. The first-order chi connectivity index (χ1) is 9.54. The van der Waals surface area contributed by atoms with Crippen LogP contribution in [0.3, 0.4) is 0 Å². The number of hydrogen-bond donors (Lipinski definition) is 1. The summed E-state index contributed by atoms with van der Waals surface area (Å²) in [6, 6.07) is 6.36. The Hall–Kier alpha value is -1.33. The summed E-state index contributed by atoms with van der Waals surface area (Å²) in [7, 11) is 0. The third-order valence-electron chi connectivity index (χ3n) is 3.33. The van der Waals surface area contributed by atoms with E-state index in [9.17, 15) is 0 Å². The number of halogens is 1. The fourth-order valence-electron chi connectivity index (χ4n) is 2.40. The molecule has 0 aliphatic heterocycles. The van der Waals surface area contributed by atoms with Crippen molar-refractivity contribution in [3.63, 3.8) is 0 Å². The van der Waals surface area contributed by atoms with E-state index in [1.165, 1.54) is 17.0 Å². The Balaban J connectivity index is 1.90. The van der Waals surface area contributed by atoms with Crippen LogP contribution in [-0.2, 0) is 6.54 Å². The zero-order valence-electron chi connectivity index (χ0n) is 11.7. The maximum absolute atomic E-state index is 4.61. The van der Waals surface area contributed by atoms with E-state index in [1.807, 2.05) is 0 Å². The average molecular weight is 350 g/mol. The van der Waals surface area contributed by atoms with Crippen LogP contribution in [0, 0.1) is 20.8 Å². The summed E-state index contributed by atoms with van der Waals surface area (Å²) in [6.07, 6.45) is 0. The van der Waals surface area contributed by atoms with Gasteiger partial charge in [0, 0.05) is 21.2 Å². The molecule has 0 radical (unpaired) electrons. The predicted molar refractivity (Wildman–Crippen MR) is 88.7 cm³/mol. The van der Waals surface area contributed by atoms with Crippen LogP contribution in [-0.4, -0.2) is 9.38 Å². The molecule has 1 aromatic carbocycles. The minimum Gasteiger partial charge on any atom is -0.379 e. The van der Waals surface area contributed by atoms with Crippen molar-refractivity contribution in [1.29, 1.82) is 0 Å². The number of fused-ring (bicyclic) bond motifs is 1. The Morgan fingerprint density at radius 2 is 2.05 bits per heavy atom. The topological polar surface area (TPSA) is 29.3 Å². The first-order valence-corrected chi connectivity index (χ1v) is 8.15. The number of aromatic nitrogens is 2. The van der Waals surface area contributed by atoms with Crippen LogP contribution in [0.4, 0.5) is 5.69 Å². The van der Waals surface area contributed by atoms with Crippen molar-refractivity contribution in [2.75, 3.05) is 5.32 Å². The first kappa shape index (κ1) is 13.6. The fraction of sp³-hybridized carbons (Fsp3) is 0.267. The van der Waals surface area contributed by atoms with Crippen molar-refractivity contribution >= 4 is 37.9 Å². The van der Waals surface area contributed by atoms with Crippen LogP contribution < -0.4 is 5.32 Å². The summed E-state index contributed by atoms with van der Waals surface area (Å²) in [5.41, 5.74) is 5.94. The quantitative estimate of drug-likeness (QED) is 0.742. The second kappa shape index (κ2) is 5.22. The van der Waals surface area contributed by atoms with Gasteiger partial charge in [0.15, 0.2) is 4.96 Å². The second-order valence-corrected chi connectivity index (χ2v) is 6.76. The normalized spacial score (nSPS) is 11.2. The van der Waals surface area contributed by atoms with Gasteiger partial charge in [0.1, 0.15) is 0 Å². The number of nitrogens with zero attached hydrogens (tertiary/aromatic N) is 2. The van der Waals surface area contributed by atoms with Crippen molar-refractivity contribution in [2.24, 2.45) is 0 Å². The summed E-state index contributed by atoms with van der Waals surface area (Å²) in [5, 5.41) is 5.64. The SMILES string of the molecule is Cc1cc(Br)cc(NCc2c(C)nc3scc(C)n23)c1. The molecule has 0 spiro atoms. The lowest BCUT2D eigenvalue weighted by atomic mass is 10.2. The minimum atomic E-state index is 0.778. The van der Waals surface area contributed by atoms with E-state index in [4.69, 9.17) is 0 Å². The lowest BCUT2D eigenvalue weighted by Crippen LogP contribution is -2.04. The van der Waals surface area contributed by atoms with Crippen molar-refractivity contribution < 1.29 is 0 Å². The van der Waals surface area contributed by atoms with E-state index in [-0.39, 0.29) is 0 Å². The van der Waals surface area contributed by atoms with Gasteiger partial charge in [-0.15, -0.1) is 11.3 Å². The molecular formula is C15H16BrN3S. The van der Waals surface area contributed by atoms with E-state index >= 15 is 0 Å². The van der Waals surface area contributed by atoms with Crippen molar-refractivity contribution in [3.05, 3.63) is 50.7 Å². The lowest BCUT2D eigenvalue weighted by Gasteiger charge is -2.09. The minimum absolute atomic E-state index is 0.778. The molecule has 0 aliphatic rings. The third kappa shape index (κ3) is 2.47. The van der Waals surface area contributed by atoms with Gasteiger partial charge in [-0.05, 0) is 44.5 Å². The van der Waals surface area contributed by atoms with Crippen LogP contribution in [0.1, 0.15) is 22.6 Å². The number of imidazole rings is 1. The molecule has 2 aromatic heterocycles. The summed E-state index contributed by atoms with van der Waals surface area (Å²) >= 11 is 5.23. The molecule has 104 valence electrons. The largest absolute Gasteiger partial charge is 0.379 e. The van der Waals surface area contributed by atoms with Crippen LogP contribution >= 0.6 is 27.3 Å². The summed E-state index contributed by atoms with van der Waals surface area (Å²) in [5.74, 6) is 0.